The van der Waals surface area contributed by atoms with Gasteiger partial charge in [-0.05, 0) is 41.0 Å². The molecule has 2 aromatic rings. The maximum atomic E-state index is 12.3. The van der Waals surface area contributed by atoms with Gasteiger partial charge in [0.05, 0.1) is 6.04 Å². The van der Waals surface area contributed by atoms with Crippen molar-refractivity contribution in [2.75, 3.05) is 19.8 Å². The topological polar surface area (TPSA) is 114 Å². The third-order valence-electron chi connectivity index (χ3n) is 6.48. The monoisotopic (exact) mass is 466 g/mol. The number of hydrogen-bond donors (Lipinski definition) is 3. The number of carbonyl (C=O) groups is 3. The van der Waals surface area contributed by atoms with Gasteiger partial charge in [0.1, 0.15) is 6.61 Å². The molecule has 2 aromatic carbocycles. The van der Waals surface area contributed by atoms with E-state index in [1.807, 2.05) is 31.2 Å². The average molecular weight is 467 g/mol. The van der Waals surface area contributed by atoms with E-state index < -0.39 is 24.2 Å². The van der Waals surface area contributed by atoms with Crippen molar-refractivity contribution >= 4 is 18.0 Å². The molecule has 3 N–H and O–H groups in total. The van der Waals surface area contributed by atoms with Crippen molar-refractivity contribution in [3.8, 4) is 11.1 Å². The SMILES string of the molecule is CC(CCC(=O)NC1CCOC1C(=O)O)CNC(=O)OCC1c2ccccc2-c2ccccc21. The Kier molecular flexibility index (Phi) is 7.47. The lowest BCUT2D eigenvalue weighted by atomic mass is 9.98. The third kappa shape index (κ3) is 5.39. The molecule has 1 heterocycles. The minimum absolute atomic E-state index is 0.00784. The van der Waals surface area contributed by atoms with Crippen LogP contribution >= 0.6 is 0 Å². The van der Waals surface area contributed by atoms with Crippen molar-refractivity contribution in [2.45, 2.75) is 44.2 Å². The van der Waals surface area contributed by atoms with E-state index in [9.17, 15) is 14.4 Å². The summed E-state index contributed by atoms with van der Waals surface area (Å²) in [5.41, 5.74) is 4.68. The molecule has 34 heavy (non-hydrogen) atoms. The van der Waals surface area contributed by atoms with Crippen molar-refractivity contribution in [1.29, 1.82) is 0 Å². The van der Waals surface area contributed by atoms with Gasteiger partial charge in [-0.25, -0.2) is 9.59 Å². The highest BCUT2D eigenvalue weighted by molar-refractivity contribution is 5.80. The Bertz CT molecular complexity index is 1010. The summed E-state index contributed by atoms with van der Waals surface area (Å²) >= 11 is 0. The number of carbonyl (C=O) groups excluding carboxylic acids is 2. The first-order valence-electron chi connectivity index (χ1n) is 11.7. The van der Waals surface area contributed by atoms with E-state index in [1.54, 1.807) is 0 Å². The number of hydrogen-bond acceptors (Lipinski definition) is 5. The number of alkyl carbamates (subject to hydrolysis) is 1. The van der Waals surface area contributed by atoms with Crippen molar-refractivity contribution in [3.63, 3.8) is 0 Å². The summed E-state index contributed by atoms with van der Waals surface area (Å²) in [6.07, 6.45) is -0.180. The van der Waals surface area contributed by atoms with Crippen molar-refractivity contribution < 1.29 is 29.0 Å². The van der Waals surface area contributed by atoms with E-state index in [1.165, 1.54) is 11.1 Å². The first-order chi connectivity index (χ1) is 16.4. The minimum Gasteiger partial charge on any atom is -0.479 e. The molecule has 0 spiro atoms. The second kappa shape index (κ2) is 10.7. The van der Waals surface area contributed by atoms with Gasteiger partial charge < -0.3 is 25.2 Å². The molecule has 1 aliphatic heterocycles. The molecule has 8 heteroatoms. The molecule has 3 unspecified atom stereocenters. The van der Waals surface area contributed by atoms with E-state index in [0.717, 1.165) is 11.1 Å². The van der Waals surface area contributed by atoms with Gasteiger partial charge in [0.15, 0.2) is 6.10 Å². The smallest absolute Gasteiger partial charge is 0.407 e. The zero-order chi connectivity index (χ0) is 24.1. The summed E-state index contributed by atoms with van der Waals surface area (Å²) in [6.45, 7) is 2.90. The highest BCUT2D eigenvalue weighted by Gasteiger charge is 2.35. The maximum absolute atomic E-state index is 12.3. The summed E-state index contributed by atoms with van der Waals surface area (Å²) in [7, 11) is 0. The Hall–Kier alpha value is -3.39. The second-order valence-electron chi connectivity index (χ2n) is 8.94. The number of aliphatic carboxylic acids is 1. The molecule has 1 saturated heterocycles. The summed E-state index contributed by atoms with van der Waals surface area (Å²) < 4.78 is 10.7. The summed E-state index contributed by atoms with van der Waals surface area (Å²) in [6, 6.07) is 15.9. The molecule has 2 amide bonds. The molecule has 8 nitrogen and oxygen atoms in total. The third-order valence-corrected chi connectivity index (χ3v) is 6.48. The number of nitrogens with one attached hydrogen (secondary N) is 2. The first-order valence-corrected chi connectivity index (χ1v) is 11.7. The number of fused-ring (bicyclic) bond motifs is 3. The zero-order valence-corrected chi connectivity index (χ0v) is 19.2. The van der Waals surface area contributed by atoms with Gasteiger partial charge in [0, 0.05) is 25.5 Å². The normalized spacial score (nSPS) is 19.7. The van der Waals surface area contributed by atoms with Gasteiger partial charge in [0.25, 0.3) is 0 Å². The largest absolute Gasteiger partial charge is 0.479 e. The van der Waals surface area contributed by atoms with Crippen LogP contribution in [0.3, 0.4) is 0 Å². The van der Waals surface area contributed by atoms with E-state index in [4.69, 9.17) is 14.6 Å². The molecule has 0 aromatic heterocycles. The van der Waals surface area contributed by atoms with Crippen LogP contribution in [0.15, 0.2) is 48.5 Å². The predicted molar refractivity (Wildman–Crippen MR) is 125 cm³/mol. The Balaban J connectivity index is 1.19. The van der Waals surface area contributed by atoms with Crippen LogP contribution in [0.2, 0.25) is 0 Å². The predicted octanol–water partition coefficient (Wildman–Crippen LogP) is 3.30. The van der Waals surface area contributed by atoms with Crippen molar-refractivity contribution in [3.05, 3.63) is 59.7 Å². The number of carboxylic acid groups (broad SMARTS) is 1. The molecule has 1 fully saturated rings. The lowest BCUT2D eigenvalue weighted by molar-refractivity contribution is -0.148. The fraction of sp³-hybridized carbons (Fsp3) is 0.423. The molecule has 4 rings (SSSR count). The van der Waals surface area contributed by atoms with Crippen molar-refractivity contribution in [1.82, 2.24) is 10.6 Å². The number of ether oxygens (including phenoxy) is 2. The molecule has 0 saturated carbocycles. The van der Waals surface area contributed by atoms with E-state index in [-0.39, 0.29) is 30.8 Å². The average Bonchev–Trinajstić information content (AvgIpc) is 3.43. The summed E-state index contributed by atoms with van der Waals surface area (Å²) in [4.78, 5) is 35.6. The standard InChI is InChI=1S/C26H30N2O6/c1-16(10-11-23(29)28-22-12-13-33-24(22)25(30)31)14-27-26(32)34-15-21-19-8-4-2-6-17(19)18-7-3-5-9-20(18)21/h2-9,16,21-22,24H,10-15H2,1H3,(H,27,32)(H,28,29)(H,30,31). The van der Waals surface area contributed by atoms with E-state index in [2.05, 4.69) is 34.9 Å². The van der Waals surface area contributed by atoms with Crippen molar-refractivity contribution in [2.24, 2.45) is 5.92 Å². The molecular weight excluding hydrogens is 436 g/mol. The van der Waals surface area contributed by atoms with Gasteiger partial charge >= 0.3 is 12.1 Å². The van der Waals surface area contributed by atoms with Crippen LogP contribution in [-0.2, 0) is 19.1 Å². The van der Waals surface area contributed by atoms with Gasteiger partial charge in [0.2, 0.25) is 5.91 Å². The highest BCUT2D eigenvalue weighted by atomic mass is 16.5. The molecule has 3 atom stereocenters. The Labute approximate surface area is 198 Å². The van der Waals surface area contributed by atoms with Crippen LogP contribution < -0.4 is 10.6 Å². The Morgan fingerprint density at radius 2 is 1.74 bits per heavy atom. The number of amides is 2. The number of benzene rings is 2. The summed E-state index contributed by atoms with van der Waals surface area (Å²) in [5, 5.41) is 14.6. The molecule has 0 radical (unpaired) electrons. The first kappa shape index (κ1) is 23.8. The van der Waals surface area contributed by atoms with Gasteiger partial charge in [-0.2, -0.15) is 0 Å². The van der Waals surface area contributed by atoms with Crippen LogP contribution in [-0.4, -0.2) is 55.0 Å². The Morgan fingerprint density at radius 3 is 2.38 bits per heavy atom. The van der Waals surface area contributed by atoms with E-state index >= 15 is 0 Å². The van der Waals surface area contributed by atoms with Crippen LogP contribution in [0.4, 0.5) is 4.79 Å². The molecule has 180 valence electrons. The quantitative estimate of drug-likeness (QED) is 0.523. The molecule has 0 bridgehead atoms. The highest BCUT2D eigenvalue weighted by Crippen LogP contribution is 2.44. The fourth-order valence-corrected chi connectivity index (χ4v) is 4.65. The van der Waals surface area contributed by atoms with Crippen LogP contribution in [0, 0.1) is 5.92 Å². The van der Waals surface area contributed by atoms with Gasteiger partial charge in [-0.15, -0.1) is 0 Å². The van der Waals surface area contributed by atoms with E-state index in [0.29, 0.717) is 26.0 Å². The molecular formula is C26H30N2O6. The molecule has 1 aliphatic carbocycles. The number of rotatable bonds is 9. The lowest BCUT2D eigenvalue weighted by Gasteiger charge is -2.18. The van der Waals surface area contributed by atoms with Gasteiger partial charge in [-0.1, -0.05) is 55.5 Å². The fourth-order valence-electron chi connectivity index (χ4n) is 4.65. The molecule has 2 aliphatic rings. The zero-order valence-electron chi connectivity index (χ0n) is 19.2. The van der Waals surface area contributed by atoms with Crippen LogP contribution in [0.1, 0.15) is 43.2 Å². The van der Waals surface area contributed by atoms with Gasteiger partial charge in [-0.3, -0.25) is 4.79 Å². The second-order valence-corrected chi connectivity index (χ2v) is 8.94. The van der Waals surface area contributed by atoms with Crippen LogP contribution in [0.5, 0.6) is 0 Å². The lowest BCUT2D eigenvalue weighted by Crippen LogP contribution is -2.44. The van der Waals surface area contributed by atoms with Crippen LogP contribution in [0.25, 0.3) is 11.1 Å². The number of carboxylic acids is 1. The Morgan fingerprint density at radius 1 is 1.09 bits per heavy atom. The maximum Gasteiger partial charge on any atom is 0.407 e. The minimum atomic E-state index is -1.07. The summed E-state index contributed by atoms with van der Waals surface area (Å²) in [5.74, 6) is -1.21.